The molecule has 0 saturated carbocycles. The highest BCUT2D eigenvalue weighted by Gasteiger charge is 2.40. The van der Waals surface area contributed by atoms with Crippen molar-refractivity contribution in [2.75, 3.05) is 6.54 Å². The maximum atomic E-state index is 13.1. The van der Waals surface area contributed by atoms with E-state index in [1.165, 1.54) is 25.7 Å². The zero-order valence-electron chi connectivity index (χ0n) is 16.6. The number of nitrogens with zero attached hydrogens (tertiary/aromatic N) is 1. The molecule has 1 aromatic carbocycles. The van der Waals surface area contributed by atoms with E-state index in [0.717, 1.165) is 23.2 Å². The van der Waals surface area contributed by atoms with Crippen LogP contribution in [-0.2, 0) is 22.7 Å². The highest BCUT2D eigenvalue weighted by atomic mass is 16.2. The third-order valence-electron chi connectivity index (χ3n) is 6.96. The van der Waals surface area contributed by atoms with E-state index >= 15 is 0 Å². The quantitative estimate of drug-likeness (QED) is 0.648. The third-order valence-corrected chi connectivity index (χ3v) is 6.96. The molecule has 7 nitrogen and oxygen atoms in total. The van der Waals surface area contributed by atoms with Crippen LogP contribution in [0.15, 0.2) is 18.2 Å². The molecule has 4 aliphatic rings. The number of benzene rings is 1. The summed E-state index contributed by atoms with van der Waals surface area (Å²) in [4.78, 5) is 38.4. The fraction of sp³-hybridized carbons (Fsp3) is 0.591. The standard InChI is InChI=1S/C22H28N4O3/c27-19-7-6-18(21(28)25-19)26-12-15-3-1-2-14(20(15)22(26)29)11-23-10-13-8-16-4-5-17(9-13)24-16/h1-3,13,16-18,23-24H,4-12H2,(H,25,27,28)/t13?,16-,17+,18?. The van der Waals surface area contributed by atoms with Gasteiger partial charge in [0.05, 0.1) is 0 Å². The van der Waals surface area contributed by atoms with Crippen LogP contribution in [0.5, 0.6) is 0 Å². The predicted molar refractivity (Wildman–Crippen MR) is 107 cm³/mol. The van der Waals surface area contributed by atoms with E-state index in [-0.39, 0.29) is 24.1 Å². The summed E-state index contributed by atoms with van der Waals surface area (Å²) in [5.41, 5.74) is 2.70. The van der Waals surface area contributed by atoms with Crippen LogP contribution in [0.1, 0.15) is 60.0 Å². The first-order chi connectivity index (χ1) is 14.1. The molecule has 2 unspecified atom stereocenters. The van der Waals surface area contributed by atoms with Crippen molar-refractivity contribution in [2.45, 2.75) is 69.7 Å². The van der Waals surface area contributed by atoms with E-state index in [1.807, 2.05) is 18.2 Å². The highest BCUT2D eigenvalue weighted by molar-refractivity contribution is 6.05. The van der Waals surface area contributed by atoms with Crippen LogP contribution >= 0.6 is 0 Å². The summed E-state index contributed by atoms with van der Waals surface area (Å²) >= 11 is 0. The minimum absolute atomic E-state index is 0.0909. The molecule has 3 amide bonds. The molecule has 154 valence electrons. The average molecular weight is 396 g/mol. The molecule has 7 heteroatoms. The van der Waals surface area contributed by atoms with Gasteiger partial charge < -0.3 is 15.5 Å². The van der Waals surface area contributed by atoms with E-state index in [0.29, 0.717) is 37.5 Å². The number of carbonyl (C=O) groups is 3. The number of piperidine rings is 2. The van der Waals surface area contributed by atoms with Gasteiger partial charge in [-0.15, -0.1) is 0 Å². The molecule has 2 bridgehead atoms. The Bertz CT molecular complexity index is 842. The summed E-state index contributed by atoms with van der Waals surface area (Å²) in [6.45, 7) is 2.08. The van der Waals surface area contributed by atoms with Gasteiger partial charge in [0.15, 0.2) is 0 Å². The van der Waals surface area contributed by atoms with Gasteiger partial charge in [-0.05, 0) is 55.7 Å². The van der Waals surface area contributed by atoms with E-state index in [9.17, 15) is 14.4 Å². The van der Waals surface area contributed by atoms with Gasteiger partial charge in [-0.3, -0.25) is 19.7 Å². The summed E-state index contributed by atoms with van der Waals surface area (Å²) in [5, 5.41) is 9.62. The lowest BCUT2D eigenvalue weighted by Gasteiger charge is -2.29. The first kappa shape index (κ1) is 18.8. The lowest BCUT2D eigenvalue weighted by Crippen LogP contribution is -2.52. The monoisotopic (exact) mass is 396 g/mol. The van der Waals surface area contributed by atoms with E-state index in [4.69, 9.17) is 0 Å². The molecule has 3 N–H and O–H groups in total. The Morgan fingerprint density at radius 2 is 1.86 bits per heavy atom. The molecule has 4 atom stereocenters. The lowest BCUT2D eigenvalue weighted by molar-refractivity contribution is -0.136. The van der Waals surface area contributed by atoms with Crippen molar-refractivity contribution >= 4 is 17.7 Å². The van der Waals surface area contributed by atoms with Gasteiger partial charge in [0.2, 0.25) is 11.8 Å². The van der Waals surface area contributed by atoms with Gasteiger partial charge in [0.25, 0.3) is 5.91 Å². The molecule has 4 heterocycles. The van der Waals surface area contributed by atoms with E-state index in [2.05, 4.69) is 16.0 Å². The van der Waals surface area contributed by atoms with Gasteiger partial charge in [-0.25, -0.2) is 0 Å². The first-order valence-corrected chi connectivity index (χ1v) is 10.8. The molecule has 3 saturated heterocycles. The average Bonchev–Trinajstić information content (AvgIpc) is 3.21. The fourth-order valence-corrected chi connectivity index (χ4v) is 5.59. The number of amides is 3. The topological polar surface area (TPSA) is 90.5 Å². The van der Waals surface area contributed by atoms with Gasteiger partial charge in [-0.2, -0.15) is 0 Å². The Kier molecular flexibility index (Phi) is 4.87. The van der Waals surface area contributed by atoms with Crippen molar-refractivity contribution in [2.24, 2.45) is 5.92 Å². The Morgan fingerprint density at radius 1 is 1.07 bits per heavy atom. The maximum Gasteiger partial charge on any atom is 0.255 e. The van der Waals surface area contributed by atoms with Crippen LogP contribution in [0.3, 0.4) is 0 Å². The van der Waals surface area contributed by atoms with Gasteiger partial charge in [0.1, 0.15) is 6.04 Å². The second-order valence-electron chi connectivity index (χ2n) is 8.96. The van der Waals surface area contributed by atoms with E-state index in [1.54, 1.807) is 4.90 Å². The van der Waals surface area contributed by atoms with Gasteiger partial charge in [0, 0.05) is 37.2 Å². The van der Waals surface area contributed by atoms with Crippen molar-refractivity contribution < 1.29 is 14.4 Å². The molecular formula is C22H28N4O3. The maximum absolute atomic E-state index is 13.1. The Morgan fingerprint density at radius 3 is 2.62 bits per heavy atom. The number of rotatable bonds is 5. The van der Waals surface area contributed by atoms with E-state index < -0.39 is 6.04 Å². The second kappa shape index (κ2) is 7.54. The van der Waals surface area contributed by atoms with Crippen molar-refractivity contribution in [1.82, 2.24) is 20.9 Å². The summed E-state index contributed by atoms with van der Waals surface area (Å²) in [5.74, 6) is -0.0118. The van der Waals surface area contributed by atoms with Crippen LogP contribution in [0.2, 0.25) is 0 Å². The number of nitrogens with one attached hydrogen (secondary N) is 3. The summed E-state index contributed by atoms with van der Waals surface area (Å²) < 4.78 is 0. The molecule has 3 fully saturated rings. The molecule has 29 heavy (non-hydrogen) atoms. The zero-order chi connectivity index (χ0) is 20.0. The molecule has 1 aromatic rings. The predicted octanol–water partition coefficient (Wildman–Crippen LogP) is 1.07. The second-order valence-corrected chi connectivity index (χ2v) is 8.96. The zero-order valence-corrected chi connectivity index (χ0v) is 16.6. The largest absolute Gasteiger partial charge is 0.322 e. The lowest BCUT2D eigenvalue weighted by atomic mass is 9.92. The molecular weight excluding hydrogens is 368 g/mol. The normalized spacial score (nSPS) is 31.2. The number of imide groups is 1. The first-order valence-electron chi connectivity index (χ1n) is 10.8. The fourth-order valence-electron chi connectivity index (χ4n) is 5.59. The number of hydrogen-bond donors (Lipinski definition) is 3. The Labute approximate surface area is 170 Å². The number of hydrogen-bond acceptors (Lipinski definition) is 5. The number of fused-ring (bicyclic) bond motifs is 3. The Hall–Kier alpha value is -2.25. The summed E-state index contributed by atoms with van der Waals surface area (Å²) in [7, 11) is 0. The van der Waals surface area contributed by atoms with Gasteiger partial charge >= 0.3 is 0 Å². The Balaban J connectivity index is 1.24. The smallest absolute Gasteiger partial charge is 0.255 e. The van der Waals surface area contributed by atoms with Gasteiger partial charge in [-0.1, -0.05) is 18.2 Å². The van der Waals surface area contributed by atoms with Crippen LogP contribution in [-0.4, -0.2) is 47.3 Å². The van der Waals surface area contributed by atoms with Crippen molar-refractivity contribution in [3.05, 3.63) is 34.9 Å². The van der Waals surface area contributed by atoms with Crippen molar-refractivity contribution in [1.29, 1.82) is 0 Å². The summed E-state index contributed by atoms with van der Waals surface area (Å²) in [6, 6.07) is 6.77. The van der Waals surface area contributed by atoms with Crippen LogP contribution in [0.4, 0.5) is 0 Å². The molecule has 5 rings (SSSR count). The molecule has 0 aromatic heterocycles. The minimum Gasteiger partial charge on any atom is -0.322 e. The SMILES string of the molecule is O=C1CCC(N2Cc3cccc(CNCC4C[C@H]5CC[C@@H](C4)N5)c3C2=O)C(=O)N1. The molecule has 4 aliphatic heterocycles. The molecule has 0 aliphatic carbocycles. The highest BCUT2D eigenvalue weighted by Crippen LogP contribution is 2.31. The van der Waals surface area contributed by atoms with Crippen molar-refractivity contribution in [3.63, 3.8) is 0 Å². The number of carbonyl (C=O) groups excluding carboxylic acids is 3. The third kappa shape index (κ3) is 3.57. The van der Waals surface area contributed by atoms with Crippen LogP contribution < -0.4 is 16.0 Å². The minimum atomic E-state index is -0.557. The molecule has 0 radical (unpaired) electrons. The van der Waals surface area contributed by atoms with Crippen LogP contribution in [0, 0.1) is 5.92 Å². The van der Waals surface area contributed by atoms with Crippen molar-refractivity contribution in [3.8, 4) is 0 Å². The van der Waals surface area contributed by atoms with Crippen LogP contribution in [0.25, 0.3) is 0 Å². The summed E-state index contributed by atoms with van der Waals surface area (Å²) in [6.07, 6.45) is 5.76. The molecule has 0 spiro atoms.